The number of hydrogen-bond acceptors (Lipinski definition) is 2. The van der Waals surface area contributed by atoms with Gasteiger partial charge in [0.05, 0.1) is 0 Å². The lowest BCUT2D eigenvalue weighted by molar-refractivity contribution is -0.132. The van der Waals surface area contributed by atoms with Gasteiger partial charge in [-0.05, 0) is 19.9 Å². The molecular weight excluding hydrogens is 168 g/mol. The van der Waals surface area contributed by atoms with Crippen LogP contribution >= 0.6 is 0 Å². The number of rotatable bonds is 2. The highest BCUT2D eigenvalue weighted by Crippen LogP contribution is 2.11. The molecule has 0 atom stereocenters. The molecule has 0 fully saturated rings. The van der Waals surface area contributed by atoms with Crippen molar-refractivity contribution in [3.63, 3.8) is 0 Å². The van der Waals surface area contributed by atoms with Crippen LogP contribution in [0.5, 0.6) is 0 Å². The maximum absolute atomic E-state index is 10.6. The Labute approximate surface area is 76.7 Å². The van der Waals surface area contributed by atoms with E-state index in [0.29, 0.717) is 12.4 Å². The molecule has 4 nitrogen and oxygen atoms in total. The number of aliphatic carboxylic acids is 1. The van der Waals surface area contributed by atoms with E-state index >= 15 is 0 Å². The molecule has 2 N–H and O–H groups in total. The quantitative estimate of drug-likeness (QED) is 0.664. The number of carbonyl (C=O) groups is 1. The summed E-state index contributed by atoms with van der Waals surface area (Å²) in [6.45, 7) is 4.39. The first-order valence-corrected chi connectivity index (χ1v) is 4.12. The summed E-state index contributed by atoms with van der Waals surface area (Å²) in [7, 11) is 0. The fourth-order valence-electron chi connectivity index (χ4n) is 1.08. The van der Waals surface area contributed by atoms with Crippen molar-refractivity contribution >= 4 is 11.8 Å². The fourth-order valence-corrected chi connectivity index (χ4v) is 1.08. The third kappa shape index (κ3) is 1.96. The molecule has 1 rings (SSSR count). The Morgan fingerprint density at radius 2 is 2.46 bits per heavy atom. The summed E-state index contributed by atoms with van der Waals surface area (Å²) in [4.78, 5) is 14.7. The van der Waals surface area contributed by atoms with Crippen LogP contribution in [0.3, 0.4) is 0 Å². The Bertz CT molecular complexity index is 314. The zero-order valence-corrected chi connectivity index (χ0v) is 7.66. The molecule has 1 aliphatic heterocycles. The molecule has 0 aromatic carbocycles. The van der Waals surface area contributed by atoms with Gasteiger partial charge in [0.15, 0.2) is 0 Å². The van der Waals surface area contributed by atoms with Crippen LogP contribution in [-0.4, -0.2) is 23.5 Å². The third-order valence-electron chi connectivity index (χ3n) is 1.68. The predicted molar refractivity (Wildman–Crippen MR) is 50.6 cm³/mol. The summed E-state index contributed by atoms with van der Waals surface area (Å²) in [5.41, 5.74) is 1.01. The molecular formula is C9H12N2O2. The Hall–Kier alpha value is -1.58. The minimum Gasteiger partial charge on any atom is -0.477 e. The molecule has 0 saturated carbocycles. The van der Waals surface area contributed by atoms with Crippen LogP contribution < -0.4 is 5.32 Å². The smallest absolute Gasteiger partial charge is 0.352 e. The van der Waals surface area contributed by atoms with Crippen LogP contribution in [0, 0.1) is 0 Å². The molecule has 70 valence electrons. The average Bonchev–Trinajstić information content (AvgIpc) is 2.48. The average molecular weight is 180 g/mol. The van der Waals surface area contributed by atoms with E-state index in [1.807, 2.05) is 19.9 Å². The van der Waals surface area contributed by atoms with Crippen molar-refractivity contribution in [2.24, 2.45) is 4.99 Å². The topological polar surface area (TPSA) is 61.7 Å². The zero-order chi connectivity index (χ0) is 9.84. The molecule has 0 amide bonds. The first kappa shape index (κ1) is 9.51. The van der Waals surface area contributed by atoms with Crippen LogP contribution in [0.2, 0.25) is 0 Å². The Balaban J connectivity index is 2.92. The number of aliphatic imine (C=N–C) groups is 1. The summed E-state index contributed by atoms with van der Waals surface area (Å²) in [6, 6.07) is 0. The third-order valence-corrected chi connectivity index (χ3v) is 1.68. The largest absolute Gasteiger partial charge is 0.477 e. The first-order chi connectivity index (χ1) is 6.19. The van der Waals surface area contributed by atoms with Gasteiger partial charge in [-0.15, -0.1) is 0 Å². The van der Waals surface area contributed by atoms with Gasteiger partial charge in [-0.25, -0.2) is 4.79 Å². The Morgan fingerprint density at radius 3 is 2.92 bits per heavy atom. The summed E-state index contributed by atoms with van der Waals surface area (Å²) < 4.78 is 0. The van der Waals surface area contributed by atoms with E-state index in [1.54, 1.807) is 6.08 Å². The van der Waals surface area contributed by atoms with E-state index in [1.165, 1.54) is 0 Å². The summed E-state index contributed by atoms with van der Waals surface area (Å²) >= 11 is 0. The second-order valence-electron chi connectivity index (χ2n) is 2.56. The maximum Gasteiger partial charge on any atom is 0.352 e. The molecule has 0 unspecified atom stereocenters. The van der Waals surface area contributed by atoms with Crippen molar-refractivity contribution in [3.05, 3.63) is 23.4 Å². The van der Waals surface area contributed by atoms with Crippen LogP contribution in [0.25, 0.3) is 0 Å². The molecule has 0 aromatic rings. The van der Waals surface area contributed by atoms with Crippen molar-refractivity contribution < 1.29 is 9.90 Å². The van der Waals surface area contributed by atoms with Crippen LogP contribution in [-0.2, 0) is 4.79 Å². The van der Waals surface area contributed by atoms with E-state index in [-0.39, 0.29) is 5.70 Å². The van der Waals surface area contributed by atoms with Crippen molar-refractivity contribution in [2.75, 3.05) is 6.54 Å². The first-order valence-electron chi connectivity index (χ1n) is 4.12. The van der Waals surface area contributed by atoms with Gasteiger partial charge in [-0.1, -0.05) is 6.08 Å². The normalized spacial score (nSPS) is 21.8. The number of nitrogens with zero attached hydrogens (tertiary/aromatic N) is 1. The summed E-state index contributed by atoms with van der Waals surface area (Å²) in [5.74, 6) is -0.317. The van der Waals surface area contributed by atoms with Gasteiger partial charge in [-0.2, -0.15) is 0 Å². The molecule has 1 heterocycles. The Kier molecular flexibility index (Phi) is 2.84. The number of allylic oxidation sites excluding steroid dienone is 1. The minimum absolute atomic E-state index is 0.181. The number of carboxylic acids is 1. The van der Waals surface area contributed by atoms with Gasteiger partial charge in [0.25, 0.3) is 0 Å². The molecule has 13 heavy (non-hydrogen) atoms. The lowest BCUT2D eigenvalue weighted by Crippen LogP contribution is -2.21. The SMILES string of the molecule is C/C=C1/C=C(C(=O)O)NC1=NCC. The second kappa shape index (κ2) is 3.89. The van der Waals surface area contributed by atoms with Crippen molar-refractivity contribution in [3.8, 4) is 0 Å². The van der Waals surface area contributed by atoms with Gasteiger partial charge in [-0.3, -0.25) is 4.99 Å². The molecule has 0 aromatic heterocycles. The van der Waals surface area contributed by atoms with Crippen LogP contribution in [0.15, 0.2) is 28.4 Å². The molecule has 0 spiro atoms. The number of carboxylic acid groups (broad SMARTS) is 1. The monoisotopic (exact) mass is 180 g/mol. The Morgan fingerprint density at radius 1 is 1.77 bits per heavy atom. The van der Waals surface area contributed by atoms with Gasteiger partial charge in [0, 0.05) is 12.1 Å². The molecule has 0 bridgehead atoms. The van der Waals surface area contributed by atoms with Crippen molar-refractivity contribution in [1.29, 1.82) is 0 Å². The molecule has 0 aliphatic carbocycles. The molecule has 4 heteroatoms. The number of nitrogens with one attached hydrogen (secondary N) is 1. The highest BCUT2D eigenvalue weighted by atomic mass is 16.4. The maximum atomic E-state index is 10.6. The second-order valence-corrected chi connectivity index (χ2v) is 2.56. The highest BCUT2D eigenvalue weighted by molar-refractivity contribution is 6.10. The van der Waals surface area contributed by atoms with E-state index in [4.69, 9.17) is 5.11 Å². The molecule has 0 saturated heterocycles. The van der Waals surface area contributed by atoms with E-state index in [9.17, 15) is 4.79 Å². The summed E-state index contributed by atoms with van der Waals surface area (Å²) in [6.07, 6.45) is 3.41. The molecule has 1 aliphatic rings. The minimum atomic E-state index is -0.958. The number of amidine groups is 1. The number of hydrogen-bond donors (Lipinski definition) is 2. The van der Waals surface area contributed by atoms with Gasteiger partial charge in [0.2, 0.25) is 0 Å². The highest BCUT2D eigenvalue weighted by Gasteiger charge is 2.19. The van der Waals surface area contributed by atoms with Crippen LogP contribution in [0.4, 0.5) is 0 Å². The van der Waals surface area contributed by atoms with Gasteiger partial charge < -0.3 is 10.4 Å². The van der Waals surface area contributed by atoms with E-state index < -0.39 is 5.97 Å². The lowest BCUT2D eigenvalue weighted by atomic mass is 10.2. The van der Waals surface area contributed by atoms with Crippen molar-refractivity contribution in [2.45, 2.75) is 13.8 Å². The standard InChI is InChI=1S/C9H12N2O2/c1-3-6-5-7(9(12)13)11-8(6)10-4-2/h3,5H,4H2,1-2H3,(H,10,11)(H,12,13)/b6-3-. The van der Waals surface area contributed by atoms with E-state index in [0.717, 1.165) is 5.57 Å². The predicted octanol–water partition coefficient (Wildman–Crippen LogP) is 0.923. The fraction of sp³-hybridized carbons (Fsp3) is 0.333. The summed E-state index contributed by atoms with van der Waals surface area (Å²) in [5, 5.41) is 11.4. The zero-order valence-electron chi connectivity index (χ0n) is 7.66. The van der Waals surface area contributed by atoms with Gasteiger partial charge in [0.1, 0.15) is 11.5 Å². The lowest BCUT2D eigenvalue weighted by Gasteiger charge is -2.00. The van der Waals surface area contributed by atoms with Crippen molar-refractivity contribution in [1.82, 2.24) is 5.32 Å². The van der Waals surface area contributed by atoms with Crippen LogP contribution in [0.1, 0.15) is 13.8 Å². The van der Waals surface area contributed by atoms with Gasteiger partial charge >= 0.3 is 5.97 Å². The van der Waals surface area contributed by atoms with E-state index in [2.05, 4.69) is 10.3 Å². The molecule has 0 radical (unpaired) electrons.